The summed E-state index contributed by atoms with van der Waals surface area (Å²) in [5, 5.41) is 9.72. The topological polar surface area (TPSA) is 195 Å². The van der Waals surface area contributed by atoms with Crippen molar-refractivity contribution in [2.24, 2.45) is 0 Å². The Balaban J connectivity index is 4.64. The minimum absolute atomic E-state index is 0.112. The molecule has 0 saturated carbocycles. The molecule has 0 bridgehead atoms. The van der Waals surface area contributed by atoms with Gasteiger partial charge in [-0.3, -0.25) is 23.2 Å². The lowest BCUT2D eigenvalue weighted by Gasteiger charge is -2.20. The van der Waals surface area contributed by atoms with Crippen LogP contribution in [0.15, 0.2) is 48.6 Å². The minimum Gasteiger partial charge on any atom is -0.462 e. The van der Waals surface area contributed by atoms with Gasteiger partial charge in [-0.15, -0.1) is 0 Å². The van der Waals surface area contributed by atoms with Gasteiger partial charge < -0.3 is 29.3 Å². The Labute approximate surface area is 330 Å². The number of allylic oxidation sites excluding steroid dienone is 8. The molecule has 0 heterocycles. The highest BCUT2D eigenvalue weighted by Crippen LogP contribution is 2.43. The number of phosphoric ester groups is 2. The Bertz CT molecular complexity index is 1170. The smallest absolute Gasteiger partial charge is 0.462 e. The van der Waals surface area contributed by atoms with E-state index in [-0.39, 0.29) is 12.8 Å². The van der Waals surface area contributed by atoms with E-state index in [1.807, 2.05) is 0 Å². The molecule has 1 unspecified atom stereocenters. The molecule has 0 aromatic rings. The molecule has 0 saturated heterocycles. The van der Waals surface area contributed by atoms with Gasteiger partial charge in [0, 0.05) is 12.8 Å². The lowest BCUT2D eigenvalue weighted by molar-refractivity contribution is -0.161. The third-order valence-corrected chi connectivity index (χ3v) is 9.62. The van der Waals surface area contributed by atoms with Gasteiger partial charge >= 0.3 is 27.6 Å². The maximum absolute atomic E-state index is 12.6. The van der Waals surface area contributed by atoms with E-state index in [1.165, 1.54) is 44.9 Å². The number of esters is 2. The van der Waals surface area contributed by atoms with Crippen LogP contribution in [0.1, 0.15) is 155 Å². The molecule has 0 radical (unpaired) electrons. The van der Waals surface area contributed by atoms with Crippen molar-refractivity contribution in [3.05, 3.63) is 48.6 Å². The van der Waals surface area contributed by atoms with Crippen LogP contribution < -0.4 is 0 Å². The number of carbonyl (C=O) groups excluding carboxylic acids is 2. The van der Waals surface area contributed by atoms with E-state index in [0.29, 0.717) is 12.8 Å². The van der Waals surface area contributed by atoms with Crippen LogP contribution in [0.25, 0.3) is 0 Å². The molecule has 0 aliphatic heterocycles. The summed E-state index contributed by atoms with van der Waals surface area (Å²) < 4.78 is 47.6. The van der Waals surface area contributed by atoms with E-state index < -0.39 is 66.2 Å². The van der Waals surface area contributed by atoms with Gasteiger partial charge in [-0.2, -0.15) is 0 Å². The Morgan fingerprint density at radius 1 is 0.527 bits per heavy atom. The predicted octanol–water partition coefficient (Wildman–Crippen LogP) is 9.89. The van der Waals surface area contributed by atoms with Crippen molar-refractivity contribution in [3.63, 3.8) is 0 Å². The molecular formula is C40H72O13P2. The average molecular weight is 823 g/mol. The van der Waals surface area contributed by atoms with E-state index in [2.05, 4.69) is 71.5 Å². The van der Waals surface area contributed by atoms with Gasteiger partial charge in [0.05, 0.1) is 19.8 Å². The summed E-state index contributed by atoms with van der Waals surface area (Å²) in [5.74, 6) is -1.09. The summed E-state index contributed by atoms with van der Waals surface area (Å²) in [6, 6.07) is 0. The third-order valence-electron chi connectivity index (χ3n) is 8.18. The largest absolute Gasteiger partial charge is 0.472 e. The van der Waals surface area contributed by atoms with E-state index in [1.54, 1.807) is 0 Å². The van der Waals surface area contributed by atoms with Crippen molar-refractivity contribution in [1.82, 2.24) is 0 Å². The molecule has 0 aliphatic carbocycles. The van der Waals surface area contributed by atoms with Crippen LogP contribution in [0.4, 0.5) is 0 Å². The van der Waals surface area contributed by atoms with Crippen molar-refractivity contribution in [2.45, 2.75) is 167 Å². The second-order valence-electron chi connectivity index (χ2n) is 13.5. The summed E-state index contributed by atoms with van der Waals surface area (Å²) in [6.45, 7) is 1.65. The van der Waals surface area contributed by atoms with Crippen LogP contribution in [0, 0.1) is 0 Å². The summed E-state index contributed by atoms with van der Waals surface area (Å²) in [6.07, 6.45) is 35.4. The summed E-state index contributed by atoms with van der Waals surface area (Å²) in [7, 11) is -9.68. The second-order valence-corrected chi connectivity index (χ2v) is 16.2. The van der Waals surface area contributed by atoms with Gasteiger partial charge in [-0.1, -0.05) is 114 Å². The molecule has 0 aromatic carbocycles. The fraction of sp³-hybridized carbons (Fsp3) is 0.750. The van der Waals surface area contributed by atoms with Crippen LogP contribution in [0.5, 0.6) is 0 Å². The highest BCUT2D eigenvalue weighted by molar-refractivity contribution is 7.47. The fourth-order valence-corrected chi connectivity index (χ4v) is 6.21. The monoisotopic (exact) mass is 822 g/mol. The van der Waals surface area contributed by atoms with Crippen molar-refractivity contribution in [2.75, 3.05) is 26.4 Å². The van der Waals surface area contributed by atoms with E-state index in [9.17, 15) is 28.7 Å². The number of aliphatic hydroxyl groups is 1. The van der Waals surface area contributed by atoms with Crippen LogP contribution in [0.3, 0.4) is 0 Å². The molecule has 0 aromatic heterocycles. The van der Waals surface area contributed by atoms with Crippen molar-refractivity contribution in [1.29, 1.82) is 0 Å². The van der Waals surface area contributed by atoms with Crippen LogP contribution in [-0.2, 0) is 41.8 Å². The van der Waals surface area contributed by atoms with Gasteiger partial charge in [0.15, 0.2) is 6.10 Å². The number of unbranched alkanes of at least 4 members (excludes halogenated alkanes) is 14. The van der Waals surface area contributed by atoms with Crippen molar-refractivity contribution >= 4 is 27.6 Å². The Morgan fingerprint density at radius 3 is 1.55 bits per heavy atom. The lowest BCUT2D eigenvalue weighted by Crippen LogP contribution is -2.30. The van der Waals surface area contributed by atoms with Crippen molar-refractivity contribution < 1.29 is 61.6 Å². The third kappa shape index (κ3) is 40.1. The Morgan fingerprint density at radius 2 is 0.945 bits per heavy atom. The number of ether oxygens (including phenoxy) is 2. The van der Waals surface area contributed by atoms with Crippen LogP contribution >= 0.6 is 15.6 Å². The molecule has 15 heteroatoms. The van der Waals surface area contributed by atoms with Gasteiger partial charge in [0.1, 0.15) is 12.7 Å². The maximum Gasteiger partial charge on any atom is 0.472 e. The van der Waals surface area contributed by atoms with Crippen LogP contribution in [-0.4, -0.2) is 70.4 Å². The fourth-order valence-electron chi connectivity index (χ4n) is 5.05. The first kappa shape index (κ1) is 53.1. The molecule has 0 rings (SSSR count). The number of carbonyl (C=O) groups is 2. The second kappa shape index (κ2) is 36.4. The van der Waals surface area contributed by atoms with Gasteiger partial charge in [-0.05, 0) is 77.0 Å². The molecule has 0 spiro atoms. The molecule has 320 valence electrons. The quantitative estimate of drug-likeness (QED) is 0.0199. The zero-order chi connectivity index (χ0) is 40.9. The molecule has 3 atom stereocenters. The lowest BCUT2D eigenvalue weighted by atomic mass is 10.1. The first-order valence-electron chi connectivity index (χ1n) is 20.3. The average Bonchev–Trinajstić information content (AvgIpc) is 3.14. The molecule has 13 nitrogen and oxygen atoms in total. The first-order chi connectivity index (χ1) is 26.4. The highest BCUT2D eigenvalue weighted by atomic mass is 31.2. The zero-order valence-electron chi connectivity index (χ0n) is 33.5. The predicted molar refractivity (Wildman–Crippen MR) is 216 cm³/mol. The minimum atomic E-state index is -4.86. The standard InChI is InChI=1S/C40H72O13P2/c1-3-5-7-9-11-13-15-17-18-20-21-23-25-27-29-31-39(42)49-35-38(36-52-55(47,48)51-34-37(41)33-50-54(44,45)46)53-40(43)32-30-28-26-24-22-19-16-14-12-10-8-6-4-2/h11,13-14,16-18,21,23,37-38,41H,3-10,12,15,19-20,22,24-36H2,1-2H3,(H,47,48)(H2,44,45,46)/b13-11-,16-14-,18-17-,23-21-/t37-,38+/m0/s1. The van der Waals surface area contributed by atoms with Gasteiger partial charge in [0.25, 0.3) is 0 Å². The summed E-state index contributed by atoms with van der Waals surface area (Å²) in [4.78, 5) is 52.5. The zero-order valence-corrected chi connectivity index (χ0v) is 35.3. The highest BCUT2D eigenvalue weighted by Gasteiger charge is 2.28. The Hall–Kier alpha value is -1.92. The number of rotatable bonds is 38. The number of hydrogen-bond donors (Lipinski definition) is 4. The van der Waals surface area contributed by atoms with Gasteiger partial charge in [-0.25, -0.2) is 9.13 Å². The SMILES string of the molecule is CCCCC/C=C\C/C=C\C/C=C\CCCCC(=O)OC[C@H](COP(=O)(O)OC[C@@H](O)COP(=O)(O)O)OC(=O)CCCCCCC/C=C\CCCCCC. The molecule has 4 N–H and O–H groups in total. The summed E-state index contributed by atoms with van der Waals surface area (Å²) in [5.41, 5.74) is 0. The van der Waals surface area contributed by atoms with E-state index in [0.717, 1.165) is 70.6 Å². The molecule has 55 heavy (non-hydrogen) atoms. The van der Waals surface area contributed by atoms with Crippen molar-refractivity contribution in [3.8, 4) is 0 Å². The van der Waals surface area contributed by atoms with Crippen LogP contribution in [0.2, 0.25) is 0 Å². The molecule has 0 aliphatic rings. The molecule has 0 amide bonds. The maximum atomic E-state index is 12.6. The van der Waals surface area contributed by atoms with E-state index >= 15 is 0 Å². The van der Waals surface area contributed by atoms with E-state index in [4.69, 9.17) is 23.8 Å². The number of hydrogen-bond acceptors (Lipinski definition) is 10. The molecular weight excluding hydrogens is 750 g/mol. The number of aliphatic hydroxyl groups excluding tert-OH is 1. The Kier molecular flexibility index (Phi) is 35.2. The first-order valence-corrected chi connectivity index (χ1v) is 23.4. The summed E-state index contributed by atoms with van der Waals surface area (Å²) >= 11 is 0. The number of phosphoric acid groups is 2. The normalized spacial score (nSPS) is 14.7. The molecule has 0 fully saturated rings. The van der Waals surface area contributed by atoms with Gasteiger partial charge in [0.2, 0.25) is 0 Å².